The summed E-state index contributed by atoms with van der Waals surface area (Å²) in [6.07, 6.45) is 0. The highest BCUT2D eigenvalue weighted by atomic mass is 35.5. The number of ether oxygens (including phenoxy) is 1. The van der Waals surface area contributed by atoms with E-state index in [1.807, 2.05) is 53.4 Å². The molecular weight excluding hydrogens is 324 g/mol. The van der Waals surface area contributed by atoms with Crippen molar-refractivity contribution in [2.24, 2.45) is 0 Å². The van der Waals surface area contributed by atoms with E-state index in [2.05, 4.69) is 7.05 Å². The number of amides is 1. The summed E-state index contributed by atoms with van der Waals surface area (Å²) < 4.78 is 5.75. The number of hydrogen-bond acceptors (Lipinski definition) is 2. The molecule has 0 radical (unpaired) electrons. The Balaban J connectivity index is 1.59. The summed E-state index contributed by atoms with van der Waals surface area (Å²) in [6.45, 7) is 4.05. The van der Waals surface area contributed by atoms with Gasteiger partial charge in [-0.1, -0.05) is 29.8 Å². The Morgan fingerprint density at radius 3 is 2.46 bits per heavy atom. The van der Waals surface area contributed by atoms with Crippen molar-refractivity contribution >= 4 is 17.5 Å². The number of hydrogen-bond donors (Lipinski definition) is 1. The van der Waals surface area contributed by atoms with E-state index in [9.17, 15) is 4.79 Å². The molecule has 2 aromatic rings. The van der Waals surface area contributed by atoms with E-state index in [4.69, 9.17) is 16.3 Å². The zero-order chi connectivity index (χ0) is 16.9. The smallest absolute Gasteiger partial charge is 0.254 e. The van der Waals surface area contributed by atoms with Gasteiger partial charge < -0.3 is 14.5 Å². The van der Waals surface area contributed by atoms with Crippen molar-refractivity contribution in [3.8, 4) is 5.75 Å². The summed E-state index contributed by atoms with van der Waals surface area (Å²) in [5.41, 5.74) is 1.65. The fraction of sp³-hybridized carbons (Fsp3) is 0.316. The average molecular weight is 346 g/mol. The second-order valence-electron chi connectivity index (χ2n) is 6.15. The maximum absolute atomic E-state index is 12.5. The molecule has 0 saturated carbocycles. The molecular formula is C19H22ClN2O2+. The van der Waals surface area contributed by atoms with Crippen LogP contribution in [0, 0.1) is 0 Å². The van der Waals surface area contributed by atoms with Gasteiger partial charge in [-0.15, -0.1) is 0 Å². The molecule has 0 aliphatic carbocycles. The number of quaternary nitrogens is 1. The first-order chi connectivity index (χ1) is 11.6. The Hall–Kier alpha value is -2.04. The lowest BCUT2D eigenvalue weighted by atomic mass is 10.1. The van der Waals surface area contributed by atoms with Crippen LogP contribution in [-0.2, 0) is 6.61 Å². The first kappa shape index (κ1) is 16.8. The standard InChI is InChI=1S/C19H21ClN2O2/c1-21-10-12-22(13-11-21)19(23)15-6-8-17(9-7-15)24-14-16-4-2-3-5-18(16)20/h2-9H,10-14H2,1H3/p+1. The molecule has 1 aliphatic heterocycles. The largest absolute Gasteiger partial charge is 0.489 e. The van der Waals surface area contributed by atoms with Crippen LogP contribution in [0.15, 0.2) is 48.5 Å². The topological polar surface area (TPSA) is 34.0 Å². The van der Waals surface area contributed by atoms with Gasteiger partial charge in [0.2, 0.25) is 0 Å². The van der Waals surface area contributed by atoms with E-state index in [0.717, 1.165) is 37.5 Å². The lowest BCUT2D eigenvalue weighted by molar-refractivity contribution is -0.883. The van der Waals surface area contributed by atoms with Gasteiger partial charge >= 0.3 is 0 Å². The van der Waals surface area contributed by atoms with Gasteiger partial charge in [-0.05, 0) is 30.3 Å². The van der Waals surface area contributed by atoms with E-state index < -0.39 is 0 Å². The number of likely N-dealkylation sites (N-methyl/N-ethyl adjacent to an activating group) is 1. The van der Waals surface area contributed by atoms with Crippen molar-refractivity contribution in [3.05, 3.63) is 64.7 Å². The van der Waals surface area contributed by atoms with Crippen LogP contribution in [0.1, 0.15) is 15.9 Å². The molecule has 0 atom stereocenters. The maximum Gasteiger partial charge on any atom is 0.254 e. The van der Waals surface area contributed by atoms with Crippen LogP contribution in [0.3, 0.4) is 0 Å². The Kier molecular flexibility index (Phi) is 5.38. The van der Waals surface area contributed by atoms with Crippen molar-refractivity contribution in [1.29, 1.82) is 0 Å². The molecule has 3 rings (SSSR count). The zero-order valence-electron chi connectivity index (χ0n) is 13.8. The number of nitrogens with one attached hydrogen (secondary N) is 1. The van der Waals surface area contributed by atoms with Gasteiger partial charge in [0.15, 0.2) is 0 Å². The van der Waals surface area contributed by atoms with E-state index in [0.29, 0.717) is 17.2 Å². The minimum atomic E-state index is 0.0974. The highest BCUT2D eigenvalue weighted by Gasteiger charge is 2.22. The molecule has 0 spiro atoms. The molecule has 2 aromatic carbocycles. The van der Waals surface area contributed by atoms with Gasteiger partial charge in [0.1, 0.15) is 12.4 Å². The fourth-order valence-corrected chi connectivity index (χ4v) is 2.93. The second-order valence-corrected chi connectivity index (χ2v) is 6.56. The summed E-state index contributed by atoms with van der Waals surface area (Å²) in [7, 11) is 2.16. The lowest BCUT2D eigenvalue weighted by Gasteiger charge is -2.30. The number of halogens is 1. The molecule has 0 bridgehead atoms. The molecule has 24 heavy (non-hydrogen) atoms. The van der Waals surface area contributed by atoms with Crippen LogP contribution in [0.5, 0.6) is 5.75 Å². The first-order valence-electron chi connectivity index (χ1n) is 8.20. The number of carbonyl (C=O) groups is 1. The Bertz CT molecular complexity index is 695. The Labute approximate surface area is 147 Å². The lowest BCUT2D eigenvalue weighted by Crippen LogP contribution is -3.12. The summed E-state index contributed by atoms with van der Waals surface area (Å²) in [6, 6.07) is 15.0. The third-order valence-corrected chi connectivity index (χ3v) is 4.73. The monoisotopic (exact) mass is 345 g/mol. The molecule has 1 fully saturated rings. The molecule has 1 saturated heterocycles. The predicted molar refractivity (Wildman–Crippen MR) is 94.8 cm³/mol. The van der Waals surface area contributed by atoms with Crippen LogP contribution in [0.4, 0.5) is 0 Å². The molecule has 1 heterocycles. The van der Waals surface area contributed by atoms with Gasteiger partial charge in [0.25, 0.3) is 5.91 Å². The minimum absolute atomic E-state index is 0.0974. The molecule has 0 unspecified atom stereocenters. The predicted octanol–water partition coefficient (Wildman–Crippen LogP) is 1.89. The van der Waals surface area contributed by atoms with Crippen LogP contribution >= 0.6 is 11.6 Å². The van der Waals surface area contributed by atoms with Crippen molar-refractivity contribution in [2.75, 3.05) is 33.2 Å². The number of piperazine rings is 1. The summed E-state index contributed by atoms with van der Waals surface area (Å²) in [5, 5.41) is 0.696. The fourth-order valence-electron chi connectivity index (χ4n) is 2.74. The van der Waals surface area contributed by atoms with E-state index in [-0.39, 0.29) is 5.91 Å². The summed E-state index contributed by atoms with van der Waals surface area (Å²) in [4.78, 5) is 15.9. The molecule has 1 amide bonds. The van der Waals surface area contributed by atoms with Crippen molar-refractivity contribution in [2.45, 2.75) is 6.61 Å². The number of nitrogens with zero attached hydrogens (tertiary/aromatic N) is 1. The summed E-state index contributed by atoms with van der Waals surface area (Å²) >= 11 is 6.12. The van der Waals surface area contributed by atoms with Crippen LogP contribution in [0.2, 0.25) is 5.02 Å². The summed E-state index contributed by atoms with van der Waals surface area (Å²) in [5.74, 6) is 0.828. The highest BCUT2D eigenvalue weighted by Crippen LogP contribution is 2.19. The maximum atomic E-state index is 12.5. The van der Waals surface area contributed by atoms with Crippen LogP contribution < -0.4 is 9.64 Å². The average Bonchev–Trinajstić information content (AvgIpc) is 2.62. The van der Waals surface area contributed by atoms with E-state index >= 15 is 0 Å². The third kappa shape index (κ3) is 4.08. The van der Waals surface area contributed by atoms with Crippen LogP contribution in [-0.4, -0.2) is 44.0 Å². The van der Waals surface area contributed by atoms with Gasteiger partial charge in [0.05, 0.1) is 33.2 Å². The molecule has 1 N–H and O–H groups in total. The van der Waals surface area contributed by atoms with Gasteiger partial charge in [-0.3, -0.25) is 4.79 Å². The normalized spacial score (nSPS) is 15.3. The first-order valence-corrected chi connectivity index (χ1v) is 8.58. The van der Waals surface area contributed by atoms with Crippen molar-refractivity contribution < 1.29 is 14.4 Å². The van der Waals surface area contributed by atoms with E-state index in [1.54, 1.807) is 0 Å². The molecule has 126 valence electrons. The minimum Gasteiger partial charge on any atom is -0.489 e. The molecule has 4 nitrogen and oxygen atoms in total. The van der Waals surface area contributed by atoms with Gasteiger partial charge in [-0.25, -0.2) is 0 Å². The van der Waals surface area contributed by atoms with Crippen molar-refractivity contribution in [1.82, 2.24) is 4.90 Å². The Morgan fingerprint density at radius 2 is 1.79 bits per heavy atom. The quantitative estimate of drug-likeness (QED) is 0.918. The van der Waals surface area contributed by atoms with Crippen LogP contribution in [0.25, 0.3) is 0 Å². The van der Waals surface area contributed by atoms with Gasteiger partial charge in [-0.2, -0.15) is 0 Å². The zero-order valence-corrected chi connectivity index (χ0v) is 14.6. The molecule has 0 aromatic heterocycles. The SMILES string of the molecule is C[NH+]1CCN(C(=O)c2ccc(OCc3ccccc3Cl)cc2)CC1. The van der Waals surface area contributed by atoms with Crippen molar-refractivity contribution in [3.63, 3.8) is 0 Å². The second kappa shape index (κ2) is 7.69. The number of benzene rings is 2. The number of rotatable bonds is 4. The molecule has 5 heteroatoms. The van der Waals surface area contributed by atoms with Gasteiger partial charge in [0, 0.05) is 16.1 Å². The molecule has 1 aliphatic rings. The Morgan fingerprint density at radius 1 is 1.12 bits per heavy atom. The number of carbonyl (C=O) groups excluding carboxylic acids is 1. The highest BCUT2D eigenvalue weighted by molar-refractivity contribution is 6.31. The third-order valence-electron chi connectivity index (χ3n) is 4.36. The van der Waals surface area contributed by atoms with E-state index in [1.165, 1.54) is 4.90 Å².